The van der Waals surface area contributed by atoms with Gasteiger partial charge in [-0.05, 0) is 0 Å². The van der Waals surface area contributed by atoms with Crippen molar-refractivity contribution in [2.24, 2.45) is 0 Å². The average Bonchev–Trinajstić information content (AvgIpc) is 0. The van der Waals surface area contributed by atoms with E-state index in [0.717, 1.165) is 0 Å². The molecule has 0 aromatic heterocycles. The molecule has 0 amide bonds. The number of rotatable bonds is 0. The van der Waals surface area contributed by atoms with Gasteiger partial charge in [0.05, 0.1) is 0 Å². The molecule has 0 saturated carbocycles. The van der Waals surface area contributed by atoms with Crippen LogP contribution in [0.3, 0.4) is 0 Å². The first kappa shape index (κ1) is 29.5. The van der Waals surface area contributed by atoms with Crippen LogP contribution in [0.5, 0.6) is 0 Å². The van der Waals surface area contributed by atoms with Gasteiger partial charge in [0.15, 0.2) is 0 Å². The molecule has 0 radical (unpaired) electrons. The summed E-state index contributed by atoms with van der Waals surface area (Å²) in [6, 6.07) is 0. The summed E-state index contributed by atoms with van der Waals surface area (Å²) in [5.74, 6) is 0. The third-order valence-electron chi connectivity index (χ3n) is 0. The zero-order chi connectivity index (χ0) is 0. The maximum Gasteiger partial charge on any atom is 0 e. The Hall–Kier alpha value is 2.75. The predicted molar refractivity (Wildman–Crippen MR) is 0 cm³/mol. The van der Waals surface area contributed by atoms with Crippen molar-refractivity contribution in [1.29, 1.82) is 0 Å². The molecule has 0 nitrogen and oxygen atoms in total. The van der Waals surface area contributed by atoms with Gasteiger partial charge < -0.3 is 0 Å². The second-order valence-corrected chi connectivity index (χ2v) is 0. The quantitative estimate of drug-likeness (QED) is 0.329. The van der Waals surface area contributed by atoms with Crippen LogP contribution in [-0.2, 0) is 84.3 Å². The topological polar surface area (TPSA) is 0 Å². The summed E-state index contributed by atoms with van der Waals surface area (Å²) in [5, 5.41) is 0. The summed E-state index contributed by atoms with van der Waals surface area (Å²) in [4.78, 5) is 0. The average molecular weight is 735 g/mol. The standard InChI is InChI=1S/4W. The van der Waals surface area contributed by atoms with Gasteiger partial charge in [-0.15, -0.1) is 0 Å². The Morgan fingerprint density at radius 3 is 0.250 bits per heavy atom. The Labute approximate surface area is 82.9 Å². The van der Waals surface area contributed by atoms with Crippen molar-refractivity contribution in [1.82, 2.24) is 0 Å². The minimum absolute atomic E-state index is 0. The number of hydrogen-bond donors (Lipinski definition) is 0. The maximum atomic E-state index is 0. The fraction of sp³-hybridized carbons (Fsp3) is 0. The van der Waals surface area contributed by atoms with E-state index in [2.05, 4.69) is 0 Å². The molecule has 0 atom stereocenters. The predicted octanol–water partition coefficient (Wildman–Crippen LogP) is -0.0100. The van der Waals surface area contributed by atoms with E-state index in [9.17, 15) is 0 Å². The van der Waals surface area contributed by atoms with Gasteiger partial charge in [-0.2, -0.15) is 0 Å². The maximum absolute atomic E-state index is 0. The van der Waals surface area contributed by atoms with Crippen LogP contribution in [0.4, 0.5) is 0 Å². The molecular formula is W4. The monoisotopic (exact) mass is 736 g/mol. The summed E-state index contributed by atoms with van der Waals surface area (Å²) in [6.45, 7) is 0. The Kier molecular flexibility index (Phi) is 126. The van der Waals surface area contributed by atoms with Gasteiger partial charge in [0, 0.05) is 84.3 Å². The molecule has 0 fully saturated rings. The SMILES string of the molecule is [W].[W].[W].[W]. The third-order valence-corrected chi connectivity index (χ3v) is 0. The first-order chi connectivity index (χ1) is 0. The summed E-state index contributed by atoms with van der Waals surface area (Å²) in [7, 11) is 0. The van der Waals surface area contributed by atoms with Gasteiger partial charge >= 0.3 is 0 Å². The number of hydrogen-bond acceptors (Lipinski definition) is 0. The van der Waals surface area contributed by atoms with Crippen LogP contribution in [0, 0.1) is 0 Å². The van der Waals surface area contributed by atoms with Crippen LogP contribution in [-0.4, -0.2) is 0 Å². The third kappa shape index (κ3) is 8.83. The Morgan fingerprint density at radius 2 is 0.250 bits per heavy atom. The van der Waals surface area contributed by atoms with E-state index >= 15 is 0 Å². The van der Waals surface area contributed by atoms with Crippen LogP contribution < -0.4 is 0 Å². The molecule has 4 heteroatoms. The summed E-state index contributed by atoms with van der Waals surface area (Å²) < 4.78 is 0. The normalized spacial score (nSPS) is 0. The molecule has 0 aliphatic heterocycles. The van der Waals surface area contributed by atoms with E-state index in [1.54, 1.807) is 0 Å². The van der Waals surface area contributed by atoms with Crippen LogP contribution in [0.2, 0.25) is 0 Å². The van der Waals surface area contributed by atoms with E-state index in [4.69, 9.17) is 0 Å². The van der Waals surface area contributed by atoms with Crippen molar-refractivity contribution in [2.45, 2.75) is 0 Å². The molecule has 4 heavy (non-hydrogen) atoms. The van der Waals surface area contributed by atoms with Crippen molar-refractivity contribution in [3.05, 3.63) is 0 Å². The second kappa shape index (κ2) is 17.1. The molecule has 0 spiro atoms. The summed E-state index contributed by atoms with van der Waals surface area (Å²) in [5.41, 5.74) is 0. The fourth-order valence-corrected chi connectivity index (χ4v) is 0. The van der Waals surface area contributed by atoms with Crippen LogP contribution in [0.25, 0.3) is 0 Å². The molecule has 0 aromatic carbocycles. The van der Waals surface area contributed by atoms with Crippen molar-refractivity contribution < 1.29 is 84.3 Å². The largest absolute Gasteiger partial charge is 0 e. The smallest absolute Gasteiger partial charge is 0 e. The van der Waals surface area contributed by atoms with E-state index in [1.165, 1.54) is 0 Å². The minimum Gasteiger partial charge on any atom is 0 e. The summed E-state index contributed by atoms with van der Waals surface area (Å²) in [6.07, 6.45) is 0. The first-order valence-electron chi connectivity index (χ1n) is 0. The van der Waals surface area contributed by atoms with Crippen molar-refractivity contribution in [3.63, 3.8) is 0 Å². The molecular weight excluding hydrogens is 735 g/mol. The van der Waals surface area contributed by atoms with Crippen molar-refractivity contribution in [3.8, 4) is 0 Å². The van der Waals surface area contributed by atoms with E-state index in [1.807, 2.05) is 0 Å². The Morgan fingerprint density at radius 1 is 0.250 bits per heavy atom. The van der Waals surface area contributed by atoms with E-state index in [-0.39, 0.29) is 84.3 Å². The molecule has 0 N–H and O–H groups in total. The van der Waals surface area contributed by atoms with Crippen molar-refractivity contribution >= 4 is 0 Å². The zero-order valence-corrected chi connectivity index (χ0v) is 13.4. The first-order valence-corrected chi connectivity index (χ1v) is 0. The van der Waals surface area contributed by atoms with E-state index < -0.39 is 0 Å². The zero-order valence-electron chi connectivity index (χ0n) is 1.63. The Bertz CT molecular complexity index is 0. The molecule has 24 valence electrons. The molecule has 0 unspecified atom stereocenters. The molecule has 0 aliphatic carbocycles. The second-order valence-electron chi connectivity index (χ2n) is 0. The van der Waals surface area contributed by atoms with Crippen LogP contribution in [0.15, 0.2) is 0 Å². The fourth-order valence-electron chi connectivity index (χ4n) is 0. The van der Waals surface area contributed by atoms with Gasteiger partial charge in [0.2, 0.25) is 0 Å². The van der Waals surface area contributed by atoms with Crippen LogP contribution in [0.1, 0.15) is 0 Å². The molecule has 0 rings (SSSR count). The Balaban J connectivity index is 0. The van der Waals surface area contributed by atoms with E-state index in [0.29, 0.717) is 0 Å². The van der Waals surface area contributed by atoms with Crippen LogP contribution >= 0.6 is 0 Å². The molecule has 0 heterocycles. The van der Waals surface area contributed by atoms with Gasteiger partial charge in [0.25, 0.3) is 0 Å². The molecule has 0 bridgehead atoms. The summed E-state index contributed by atoms with van der Waals surface area (Å²) >= 11 is 0. The van der Waals surface area contributed by atoms with Gasteiger partial charge in [-0.1, -0.05) is 0 Å². The molecule has 0 saturated heterocycles. The van der Waals surface area contributed by atoms with Gasteiger partial charge in [-0.3, -0.25) is 0 Å². The van der Waals surface area contributed by atoms with Gasteiger partial charge in [0.1, 0.15) is 0 Å². The minimum atomic E-state index is 0. The van der Waals surface area contributed by atoms with Crippen molar-refractivity contribution in [2.75, 3.05) is 0 Å². The molecule has 0 aromatic rings. The molecule has 0 aliphatic rings. The van der Waals surface area contributed by atoms with Gasteiger partial charge in [-0.25, -0.2) is 0 Å².